The van der Waals surface area contributed by atoms with Gasteiger partial charge in [0.25, 0.3) is 5.91 Å². The van der Waals surface area contributed by atoms with Gasteiger partial charge in [-0.25, -0.2) is 8.42 Å². The van der Waals surface area contributed by atoms with Crippen LogP contribution in [0.5, 0.6) is 5.75 Å². The Bertz CT molecular complexity index is 891. The number of carbonyl (C=O) groups is 1. The minimum atomic E-state index is -3.58. The summed E-state index contributed by atoms with van der Waals surface area (Å²) in [7, 11) is -3.58. The molecule has 1 aliphatic heterocycles. The van der Waals surface area contributed by atoms with Crippen LogP contribution in [0.4, 0.5) is 0 Å². The molecule has 0 bridgehead atoms. The van der Waals surface area contributed by atoms with Gasteiger partial charge in [0.2, 0.25) is 10.0 Å². The minimum absolute atomic E-state index is 0.0591. The Morgan fingerprint density at radius 3 is 2.36 bits per heavy atom. The summed E-state index contributed by atoms with van der Waals surface area (Å²) >= 11 is 0. The Morgan fingerprint density at radius 1 is 1.11 bits per heavy atom. The van der Waals surface area contributed by atoms with Crippen molar-refractivity contribution in [2.45, 2.75) is 24.7 Å². The van der Waals surface area contributed by atoms with E-state index < -0.39 is 10.0 Å². The number of aromatic nitrogens is 1. The molecule has 2 heterocycles. The second-order valence-corrected chi connectivity index (χ2v) is 8.92. The fourth-order valence-corrected chi connectivity index (χ4v) is 4.40. The topological polar surface area (TPSA) is 79.8 Å². The van der Waals surface area contributed by atoms with E-state index in [4.69, 9.17) is 4.74 Å². The summed E-state index contributed by atoms with van der Waals surface area (Å²) in [6.45, 7) is 5.37. The Balaban J connectivity index is 1.51. The third kappa shape index (κ3) is 4.69. The van der Waals surface area contributed by atoms with Crippen LogP contribution >= 0.6 is 0 Å². The average molecular weight is 404 g/mol. The first-order valence-electron chi connectivity index (χ1n) is 9.28. The van der Waals surface area contributed by atoms with Gasteiger partial charge in [0.1, 0.15) is 10.6 Å². The first kappa shape index (κ1) is 20.3. The van der Waals surface area contributed by atoms with Crippen molar-refractivity contribution in [2.75, 3.05) is 32.8 Å². The zero-order valence-corrected chi connectivity index (χ0v) is 16.9. The second kappa shape index (κ2) is 8.70. The molecule has 0 saturated carbocycles. The standard InChI is InChI=1S/C20H25N3O4S/c1-16(2)17-5-7-18(8-6-17)27-15-20(24)22-10-12-23(13-11-22)28(25,26)19-4-3-9-21-14-19/h3-9,14,16H,10-13,15H2,1-2H3. The van der Waals surface area contributed by atoms with E-state index in [0.29, 0.717) is 24.8 Å². The monoisotopic (exact) mass is 403 g/mol. The summed E-state index contributed by atoms with van der Waals surface area (Å²) in [5.74, 6) is 0.942. The molecule has 0 aliphatic carbocycles. The quantitative estimate of drug-likeness (QED) is 0.738. The fourth-order valence-electron chi connectivity index (χ4n) is 3.01. The molecule has 2 aromatic rings. The zero-order valence-electron chi connectivity index (χ0n) is 16.1. The predicted molar refractivity (Wildman–Crippen MR) is 106 cm³/mol. The van der Waals surface area contributed by atoms with E-state index in [1.165, 1.54) is 28.3 Å². The number of pyridine rings is 1. The Hall–Kier alpha value is -2.45. The van der Waals surface area contributed by atoms with Gasteiger partial charge in [-0.1, -0.05) is 26.0 Å². The zero-order chi connectivity index (χ0) is 20.1. The van der Waals surface area contributed by atoms with E-state index in [9.17, 15) is 13.2 Å². The molecule has 0 atom stereocenters. The third-order valence-electron chi connectivity index (χ3n) is 4.77. The van der Waals surface area contributed by atoms with Gasteiger partial charge in [0.05, 0.1) is 0 Å². The second-order valence-electron chi connectivity index (χ2n) is 6.99. The molecule has 7 nitrogen and oxygen atoms in total. The molecule has 1 fully saturated rings. The largest absolute Gasteiger partial charge is 0.484 e. The Labute approximate surface area is 166 Å². The van der Waals surface area contributed by atoms with Crippen LogP contribution in [-0.4, -0.2) is 61.3 Å². The number of hydrogen-bond acceptors (Lipinski definition) is 5. The first-order valence-corrected chi connectivity index (χ1v) is 10.7. The van der Waals surface area contributed by atoms with E-state index in [-0.39, 0.29) is 30.5 Å². The summed E-state index contributed by atoms with van der Waals surface area (Å²) in [6, 6.07) is 10.8. The highest BCUT2D eigenvalue weighted by Crippen LogP contribution is 2.19. The van der Waals surface area contributed by atoms with Crippen LogP contribution in [0.3, 0.4) is 0 Å². The number of sulfonamides is 1. The molecule has 150 valence electrons. The van der Waals surface area contributed by atoms with Crippen molar-refractivity contribution in [1.82, 2.24) is 14.2 Å². The lowest BCUT2D eigenvalue weighted by Gasteiger charge is -2.33. The van der Waals surface area contributed by atoms with E-state index in [2.05, 4.69) is 18.8 Å². The van der Waals surface area contributed by atoms with Crippen molar-refractivity contribution in [3.05, 3.63) is 54.4 Å². The van der Waals surface area contributed by atoms with Gasteiger partial charge in [0.15, 0.2) is 6.61 Å². The molecular weight excluding hydrogens is 378 g/mol. The molecule has 1 aromatic heterocycles. The molecule has 0 N–H and O–H groups in total. The van der Waals surface area contributed by atoms with E-state index >= 15 is 0 Å². The maximum atomic E-state index is 12.6. The highest BCUT2D eigenvalue weighted by Gasteiger charge is 2.30. The van der Waals surface area contributed by atoms with Crippen molar-refractivity contribution in [1.29, 1.82) is 0 Å². The Morgan fingerprint density at radius 2 is 1.79 bits per heavy atom. The number of amides is 1. The molecule has 1 aliphatic rings. The van der Waals surface area contributed by atoms with Crippen molar-refractivity contribution in [3.8, 4) is 5.75 Å². The van der Waals surface area contributed by atoms with Crippen LogP contribution in [0.25, 0.3) is 0 Å². The van der Waals surface area contributed by atoms with Crippen LogP contribution in [0, 0.1) is 0 Å². The van der Waals surface area contributed by atoms with Crippen molar-refractivity contribution in [3.63, 3.8) is 0 Å². The summed E-state index contributed by atoms with van der Waals surface area (Å²) in [5, 5.41) is 0. The lowest BCUT2D eigenvalue weighted by molar-refractivity contribution is -0.134. The lowest BCUT2D eigenvalue weighted by atomic mass is 10.0. The van der Waals surface area contributed by atoms with Crippen LogP contribution in [-0.2, 0) is 14.8 Å². The van der Waals surface area contributed by atoms with E-state index in [1.807, 2.05) is 24.3 Å². The third-order valence-corrected chi connectivity index (χ3v) is 6.65. The van der Waals surface area contributed by atoms with Gasteiger partial charge in [-0.15, -0.1) is 0 Å². The summed E-state index contributed by atoms with van der Waals surface area (Å²) in [4.78, 5) is 18.1. The minimum Gasteiger partial charge on any atom is -0.484 e. The van der Waals surface area contributed by atoms with E-state index in [1.54, 1.807) is 11.0 Å². The average Bonchev–Trinajstić information content (AvgIpc) is 2.73. The Kier molecular flexibility index (Phi) is 6.31. The molecule has 0 spiro atoms. The number of carbonyl (C=O) groups excluding carboxylic acids is 1. The SMILES string of the molecule is CC(C)c1ccc(OCC(=O)N2CCN(S(=O)(=O)c3cccnc3)CC2)cc1. The molecule has 1 amide bonds. The molecule has 28 heavy (non-hydrogen) atoms. The number of rotatable bonds is 6. The van der Waals surface area contributed by atoms with Crippen molar-refractivity contribution < 1.29 is 17.9 Å². The smallest absolute Gasteiger partial charge is 0.260 e. The number of ether oxygens (including phenoxy) is 1. The molecular formula is C20H25N3O4S. The molecule has 8 heteroatoms. The van der Waals surface area contributed by atoms with Gasteiger partial charge in [-0.2, -0.15) is 4.31 Å². The van der Waals surface area contributed by atoms with Crippen LogP contribution in [0.1, 0.15) is 25.3 Å². The maximum Gasteiger partial charge on any atom is 0.260 e. The van der Waals surface area contributed by atoms with Crippen molar-refractivity contribution in [2.24, 2.45) is 0 Å². The van der Waals surface area contributed by atoms with Crippen LogP contribution in [0.15, 0.2) is 53.7 Å². The molecule has 1 aromatic carbocycles. The summed E-state index contributed by atoms with van der Waals surface area (Å²) in [5.41, 5.74) is 1.21. The van der Waals surface area contributed by atoms with Crippen LogP contribution in [0.2, 0.25) is 0 Å². The van der Waals surface area contributed by atoms with Crippen LogP contribution < -0.4 is 4.74 Å². The van der Waals surface area contributed by atoms with Gasteiger partial charge < -0.3 is 9.64 Å². The van der Waals surface area contributed by atoms with Gasteiger partial charge in [-0.05, 0) is 35.7 Å². The normalized spacial score (nSPS) is 15.6. The predicted octanol–water partition coefficient (Wildman–Crippen LogP) is 2.12. The number of nitrogens with zero attached hydrogens (tertiary/aromatic N) is 3. The molecule has 1 saturated heterocycles. The fraction of sp³-hybridized carbons (Fsp3) is 0.400. The first-order chi connectivity index (χ1) is 13.4. The molecule has 3 rings (SSSR count). The number of benzene rings is 1. The van der Waals surface area contributed by atoms with Crippen molar-refractivity contribution >= 4 is 15.9 Å². The summed E-state index contributed by atoms with van der Waals surface area (Å²) < 4.78 is 32.2. The lowest BCUT2D eigenvalue weighted by Crippen LogP contribution is -2.51. The van der Waals surface area contributed by atoms with Gasteiger partial charge >= 0.3 is 0 Å². The van der Waals surface area contributed by atoms with E-state index in [0.717, 1.165) is 0 Å². The highest BCUT2D eigenvalue weighted by atomic mass is 32.2. The summed E-state index contributed by atoms with van der Waals surface area (Å²) in [6.07, 6.45) is 2.87. The number of piperazine rings is 1. The molecule has 0 unspecified atom stereocenters. The number of hydrogen-bond donors (Lipinski definition) is 0. The van der Waals surface area contributed by atoms with Gasteiger partial charge in [-0.3, -0.25) is 9.78 Å². The highest BCUT2D eigenvalue weighted by molar-refractivity contribution is 7.89. The maximum absolute atomic E-state index is 12.6. The molecule has 0 radical (unpaired) electrons. The van der Waals surface area contributed by atoms with Gasteiger partial charge in [0, 0.05) is 38.6 Å².